The number of ether oxygens (including phenoxy) is 3. The first-order chi connectivity index (χ1) is 10.8. The molecule has 0 unspecified atom stereocenters. The van der Waals surface area contributed by atoms with Crippen LogP contribution in [0.25, 0.3) is 0 Å². The maximum atomic E-state index is 12.2. The van der Waals surface area contributed by atoms with Gasteiger partial charge in [-0.25, -0.2) is 9.59 Å². The number of alkyl halides is 1. The molecule has 0 saturated heterocycles. The molecule has 0 atom stereocenters. The van der Waals surface area contributed by atoms with Crippen LogP contribution in [0.3, 0.4) is 0 Å². The fraction of sp³-hybridized carbons (Fsp3) is 0.500. The van der Waals surface area contributed by atoms with Gasteiger partial charge in [-0.1, -0.05) is 11.6 Å². The van der Waals surface area contributed by atoms with Crippen LogP contribution in [-0.4, -0.2) is 41.8 Å². The molecule has 6 nitrogen and oxygen atoms in total. The van der Waals surface area contributed by atoms with Gasteiger partial charge in [0.05, 0.1) is 18.7 Å². The second-order valence-electron chi connectivity index (χ2n) is 6.11. The van der Waals surface area contributed by atoms with E-state index >= 15 is 0 Å². The van der Waals surface area contributed by atoms with Crippen molar-refractivity contribution < 1.29 is 23.8 Å². The molecule has 1 amide bonds. The van der Waals surface area contributed by atoms with Gasteiger partial charge >= 0.3 is 12.1 Å². The lowest BCUT2D eigenvalue weighted by Crippen LogP contribution is -2.37. The highest BCUT2D eigenvalue weighted by molar-refractivity contribution is 6.17. The van der Waals surface area contributed by atoms with Gasteiger partial charge in [0.1, 0.15) is 18.0 Å². The summed E-state index contributed by atoms with van der Waals surface area (Å²) in [6.07, 6.45) is -0.414. The zero-order valence-corrected chi connectivity index (χ0v) is 14.2. The predicted octanol–water partition coefficient (Wildman–Crippen LogP) is 3.17. The van der Waals surface area contributed by atoms with Crippen LogP contribution in [0.1, 0.15) is 36.7 Å². The topological polar surface area (TPSA) is 65.1 Å². The van der Waals surface area contributed by atoms with Crippen LogP contribution in [0.2, 0.25) is 0 Å². The summed E-state index contributed by atoms with van der Waals surface area (Å²) in [6.45, 7) is 6.50. The lowest BCUT2D eigenvalue weighted by Gasteiger charge is -2.26. The summed E-state index contributed by atoms with van der Waals surface area (Å²) in [5, 5.41) is 0. The summed E-state index contributed by atoms with van der Waals surface area (Å²) in [7, 11) is 0. The molecule has 0 aliphatic carbocycles. The summed E-state index contributed by atoms with van der Waals surface area (Å²) in [5.41, 5.74) is 0.510. The predicted molar refractivity (Wildman–Crippen MR) is 84.7 cm³/mol. The summed E-state index contributed by atoms with van der Waals surface area (Å²) in [5.74, 6) is 0.120. The Bertz CT molecular complexity index is 597. The van der Waals surface area contributed by atoms with Gasteiger partial charge in [-0.3, -0.25) is 0 Å². The molecule has 1 aliphatic rings. The fourth-order valence-corrected chi connectivity index (χ4v) is 2.24. The molecular weight excluding hydrogens is 322 g/mol. The average Bonchev–Trinajstić information content (AvgIpc) is 2.67. The fourth-order valence-electron chi connectivity index (χ4n) is 2.14. The number of nitrogens with zero attached hydrogens (tertiary/aromatic N) is 1. The molecule has 0 saturated carbocycles. The number of fused-ring (bicyclic) bond motifs is 1. The van der Waals surface area contributed by atoms with Crippen LogP contribution < -0.4 is 4.74 Å². The maximum absolute atomic E-state index is 12.2. The minimum absolute atomic E-state index is 0.212. The molecule has 0 N–H and O–H groups in total. The first-order valence-electron chi connectivity index (χ1n) is 7.27. The molecule has 1 aromatic rings. The molecule has 7 heteroatoms. The zero-order chi connectivity index (χ0) is 17.0. The number of rotatable bonds is 2. The normalized spacial score (nSPS) is 14.3. The molecule has 126 valence electrons. The number of carbonyl (C=O) groups excluding carboxylic acids is 2. The van der Waals surface area contributed by atoms with Gasteiger partial charge < -0.3 is 19.1 Å². The molecule has 0 spiro atoms. The second-order valence-corrected chi connectivity index (χ2v) is 6.33. The van der Waals surface area contributed by atoms with Crippen molar-refractivity contribution in [3.05, 3.63) is 29.3 Å². The van der Waals surface area contributed by atoms with Gasteiger partial charge in [0.2, 0.25) is 0 Å². The minimum atomic E-state index is -0.570. The van der Waals surface area contributed by atoms with E-state index in [1.165, 1.54) is 0 Å². The van der Waals surface area contributed by atoms with E-state index in [0.29, 0.717) is 31.0 Å². The van der Waals surface area contributed by atoms with Crippen molar-refractivity contribution in [2.75, 3.05) is 19.2 Å². The molecule has 0 radical (unpaired) electrons. The third kappa shape index (κ3) is 4.76. The van der Waals surface area contributed by atoms with E-state index in [4.69, 9.17) is 25.8 Å². The molecule has 0 fully saturated rings. The summed E-state index contributed by atoms with van der Waals surface area (Å²) in [6, 6.07) is 4.74. The third-order valence-electron chi connectivity index (χ3n) is 3.11. The second kappa shape index (κ2) is 7.08. The van der Waals surface area contributed by atoms with E-state index in [-0.39, 0.29) is 6.07 Å². The standard InChI is InChI=1S/C16H20ClNO5/c1-16(2,3)23-15(20)18-6-7-21-13-5-4-11(8-12(13)9-18)14(19)22-10-17/h4-5,8H,6-7,9-10H2,1-3H3. The van der Waals surface area contributed by atoms with Crippen molar-refractivity contribution >= 4 is 23.7 Å². The SMILES string of the molecule is CC(C)(C)OC(=O)N1CCOc2ccc(C(=O)OCCl)cc2C1. The lowest BCUT2D eigenvalue weighted by atomic mass is 10.1. The summed E-state index contributed by atoms with van der Waals surface area (Å²) >= 11 is 5.40. The number of amides is 1. The van der Waals surface area contributed by atoms with Crippen molar-refractivity contribution in [2.45, 2.75) is 32.9 Å². The molecule has 1 aliphatic heterocycles. The van der Waals surface area contributed by atoms with Crippen molar-refractivity contribution in [1.82, 2.24) is 4.90 Å². The molecule has 0 aromatic heterocycles. The van der Waals surface area contributed by atoms with Gasteiger partial charge in [0.25, 0.3) is 0 Å². The van der Waals surface area contributed by atoms with Gasteiger partial charge in [-0.2, -0.15) is 0 Å². The molecule has 1 aromatic carbocycles. The maximum Gasteiger partial charge on any atom is 0.410 e. The van der Waals surface area contributed by atoms with Gasteiger partial charge in [-0.15, -0.1) is 0 Å². The van der Waals surface area contributed by atoms with Crippen LogP contribution in [0.15, 0.2) is 18.2 Å². The number of hydrogen-bond acceptors (Lipinski definition) is 5. The Morgan fingerprint density at radius 1 is 1.35 bits per heavy atom. The van der Waals surface area contributed by atoms with Crippen molar-refractivity contribution in [2.24, 2.45) is 0 Å². The number of esters is 1. The Hall–Kier alpha value is -1.95. The van der Waals surface area contributed by atoms with Crippen LogP contribution in [0.5, 0.6) is 5.75 Å². The minimum Gasteiger partial charge on any atom is -0.491 e. The van der Waals surface area contributed by atoms with E-state index < -0.39 is 17.7 Å². The number of carbonyl (C=O) groups is 2. The average molecular weight is 342 g/mol. The largest absolute Gasteiger partial charge is 0.491 e. The van der Waals surface area contributed by atoms with E-state index in [0.717, 1.165) is 5.56 Å². The highest BCUT2D eigenvalue weighted by Gasteiger charge is 2.25. The molecule has 2 rings (SSSR count). The quantitative estimate of drug-likeness (QED) is 0.610. The van der Waals surface area contributed by atoms with E-state index in [1.54, 1.807) is 23.1 Å². The molecule has 1 heterocycles. The Labute approximate surface area is 140 Å². The number of halogens is 1. The van der Waals surface area contributed by atoms with E-state index in [9.17, 15) is 9.59 Å². The Kier molecular flexibility index (Phi) is 5.36. The highest BCUT2D eigenvalue weighted by Crippen LogP contribution is 2.25. The van der Waals surface area contributed by atoms with E-state index in [1.807, 2.05) is 20.8 Å². The Morgan fingerprint density at radius 2 is 2.09 bits per heavy atom. The Balaban J connectivity index is 2.19. The van der Waals surface area contributed by atoms with Gasteiger partial charge in [-0.05, 0) is 39.0 Å². The van der Waals surface area contributed by atoms with E-state index in [2.05, 4.69) is 0 Å². The lowest BCUT2D eigenvalue weighted by molar-refractivity contribution is 0.0225. The monoisotopic (exact) mass is 341 g/mol. The van der Waals surface area contributed by atoms with Crippen LogP contribution in [-0.2, 0) is 16.0 Å². The summed E-state index contributed by atoms with van der Waals surface area (Å²) < 4.78 is 15.8. The molecule has 0 bridgehead atoms. The zero-order valence-electron chi connectivity index (χ0n) is 13.4. The van der Waals surface area contributed by atoms with Crippen LogP contribution in [0.4, 0.5) is 4.79 Å². The number of benzene rings is 1. The molecule has 23 heavy (non-hydrogen) atoms. The van der Waals surface area contributed by atoms with Crippen LogP contribution in [0, 0.1) is 0 Å². The smallest absolute Gasteiger partial charge is 0.410 e. The number of hydrogen-bond donors (Lipinski definition) is 0. The first kappa shape index (κ1) is 17.4. The Morgan fingerprint density at radius 3 is 2.74 bits per heavy atom. The highest BCUT2D eigenvalue weighted by atomic mass is 35.5. The summed E-state index contributed by atoms with van der Waals surface area (Å²) in [4.78, 5) is 25.6. The van der Waals surface area contributed by atoms with Crippen molar-refractivity contribution in [3.8, 4) is 5.75 Å². The van der Waals surface area contributed by atoms with Crippen molar-refractivity contribution in [1.29, 1.82) is 0 Å². The van der Waals surface area contributed by atoms with Gasteiger partial charge in [0.15, 0.2) is 6.07 Å². The first-order valence-corrected chi connectivity index (χ1v) is 7.80. The third-order valence-corrected chi connectivity index (χ3v) is 3.22. The van der Waals surface area contributed by atoms with Crippen molar-refractivity contribution in [3.63, 3.8) is 0 Å². The van der Waals surface area contributed by atoms with Gasteiger partial charge in [0, 0.05) is 5.56 Å². The molecular formula is C16H20ClNO5. The van der Waals surface area contributed by atoms with Crippen LogP contribution >= 0.6 is 11.6 Å².